The Kier molecular flexibility index (Phi) is 4.04. The molecule has 0 nitrogen and oxygen atoms in total. The van der Waals surface area contributed by atoms with Crippen LogP contribution in [0.15, 0.2) is 52.3 Å². The summed E-state index contributed by atoms with van der Waals surface area (Å²) in [5.41, 5.74) is 0. The van der Waals surface area contributed by atoms with Crippen molar-refractivity contribution in [3.05, 3.63) is 57.5 Å². The van der Waals surface area contributed by atoms with Crippen molar-refractivity contribution in [1.29, 1.82) is 0 Å². The fraction of sp³-hybridized carbons (Fsp3) is 0. The van der Waals surface area contributed by atoms with Crippen molar-refractivity contribution in [1.82, 2.24) is 0 Å². The second-order valence-electron chi connectivity index (χ2n) is 3.11. The van der Waals surface area contributed by atoms with Crippen molar-refractivity contribution in [3.63, 3.8) is 0 Å². The van der Waals surface area contributed by atoms with Gasteiger partial charge in [-0.25, -0.2) is 0 Å². The molecule has 0 aliphatic rings. The number of hydrogen-bond donors (Lipinski definition) is 0. The van der Waals surface area contributed by atoms with Crippen molar-refractivity contribution >= 4 is 46.6 Å². The second-order valence-corrected chi connectivity index (χ2v) is 5.45. The van der Waals surface area contributed by atoms with Crippen LogP contribution < -0.4 is 0 Å². The summed E-state index contributed by atoms with van der Waals surface area (Å²) in [6, 6.07) is 13.3. The first-order chi connectivity index (χ1) is 7.66. The normalized spacial score (nSPS) is 10.4. The molecule has 0 aromatic heterocycles. The molecule has 2 aromatic carbocycles. The van der Waals surface area contributed by atoms with E-state index in [1.165, 1.54) is 11.8 Å². The zero-order valence-electron chi connectivity index (χ0n) is 8.08. The Hall–Kier alpha value is -0.340. The molecule has 16 heavy (non-hydrogen) atoms. The summed E-state index contributed by atoms with van der Waals surface area (Å²) in [5, 5.41) is 1.70. The predicted molar refractivity (Wildman–Crippen MR) is 72.0 cm³/mol. The predicted octanol–water partition coefficient (Wildman–Crippen LogP) is 5.80. The zero-order valence-corrected chi connectivity index (χ0v) is 11.2. The molecule has 0 radical (unpaired) electrons. The maximum absolute atomic E-state index is 6.09. The van der Waals surface area contributed by atoms with Crippen LogP contribution in [0.3, 0.4) is 0 Å². The highest BCUT2D eigenvalue weighted by molar-refractivity contribution is 7.99. The Morgan fingerprint density at radius 1 is 0.812 bits per heavy atom. The van der Waals surface area contributed by atoms with Gasteiger partial charge in [-0.2, -0.15) is 0 Å². The van der Waals surface area contributed by atoms with Crippen LogP contribution in [-0.2, 0) is 0 Å². The lowest BCUT2D eigenvalue weighted by Gasteiger charge is -2.07. The van der Waals surface area contributed by atoms with Gasteiger partial charge in [-0.1, -0.05) is 64.8 Å². The molecule has 2 rings (SSSR count). The van der Waals surface area contributed by atoms with Gasteiger partial charge in [0.2, 0.25) is 0 Å². The van der Waals surface area contributed by atoms with Gasteiger partial charge in [0.25, 0.3) is 0 Å². The summed E-state index contributed by atoms with van der Waals surface area (Å²) >= 11 is 19.6. The number of halogens is 3. The van der Waals surface area contributed by atoms with Gasteiger partial charge in [0.15, 0.2) is 0 Å². The summed E-state index contributed by atoms with van der Waals surface area (Å²) in [7, 11) is 0. The lowest BCUT2D eigenvalue weighted by Crippen LogP contribution is -1.78. The van der Waals surface area contributed by atoms with Gasteiger partial charge >= 0.3 is 0 Å². The van der Waals surface area contributed by atoms with Gasteiger partial charge in [0, 0.05) is 14.8 Å². The van der Waals surface area contributed by atoms with E-state index < -0.39 is 0 Å². The smallest absolute Gasteiger partial charge is 0.0575 e. The average molecular weight is 290 g/mol. The van der Waals surface area contributed by atoms with E-state index in [-0.39, 0.29) is 0 Å². The Bertz CT molecular complexity index is 474. The Balaban J connectivity index is 2.35. The van der Waals surface area contributed by atoms with Crippen molar-refractivity contribution in [3.8, 4) is 0 Å². The third-order valence-electron chi connectivity index (χ3n) is 1.93. The number of rotatable bonds is 2. The van der Waals surface area contributed by atoms with Crippen molar-refractivity contribution in [2.75, 3.05) is 0 Å². The van der Waals surface area contributed by atoms with Crippen LogP contribution in [0, 0.1) is 0 Å². The minimum Gasteiger partial charge on any atom is -0.0870 e. The first-order valence-corrected chi connectivity index (χ1v) is 6.49. The molecule has 0 aliphatic heterocycles. The molecule has 0 N–H and O–H groups in total. The molecule has 0 amide bonds. The number of hydrogen-bond acceptors (Lipinski definition) is 1. The third-order valence-corrected chi connectivity index (χ3v) is 4.12. The fourth-order valence-corrected chi connectivity index (χ4v) is 3.12. The molecule has 0 unspecified atom stereocenters. The maximum atomic E-state index is 6.09. The lowest BCUT2D eigenvalue weighted by atomic mass is 10.3. The molecule has 0 heterocycles. The minimum absolute atomic E-state index is 0.549. The van der Waals surface area contributed by atoms with Crippen LogP contribution in [0.5, 0.6) is 0 Å². The Morgan fingerprint density at radius 3 is 1.94 bits per heavy atom. The van der Waals surface area contributed by atoms with Crippen LogP contribution in [0.25, 0.3) is 0 Å². The molecule has 0 fully saturated rings. The lowest BCUT2D eigenvalue weighted by molar-refractivity contribution is 1.41. The number of benzene rings is 2. The molecule has 0 bridgehead atoms. The van der Waals surface area contributed by atoms with Gasteiger partial charge in [-0.3, -0.25) is 0 Å². The summed E-state index contributed by atoms with van der Waals surface area (Å²) in [6.45, 7) is 0. The molecule has 0 saturated carbocycles. The van der Waals surface area contributed by atoms with E-state index in [2.05, 4.69) is 0 Å². The van der Waals surface area contributed by atoms with E-state index in [0.29, 0.717) is 15.1 Å². The van der Waals surface area contributed by atoms with Gasteiger partial charge in [-0.05, 0) is 24.3 Å². The average Bonchev–Trinajstić information content (AvgIpc) is 2.25. The highest BCUT2D eigenvalue weighted by atomic mass is 35.5. The highest BCUT2D eigenvalue weighted by Crippen LogP contribution is 2.40. The summed E-state index contributed by atoms with van der Waals surface area (Å²) in [6.07, 6.45) is 0. The molecule has 2 aromatic rings. The Labute approximate surface area is 114 Å². The van der Waals surface area contributed by atoms with Crippen LogP contribution in [0.1, 0.15) is 0 Å². The quantitative estimate of drug-likeness (QED) is 0.673. The fourth-order valence-electron chi connectivity index (χ4n) is 1.23. The van der Waals surface area contributed by atoms with E-state index in [0.717, 1.165) is 9.79 Å². The van der Waals surface area contributed by atoms with Crippen LogP contribution in [-0.4, -0.2) is 0 Å². The third kappa shape index (κ3) is 2.86. The molecule has 4 heteroatoms. The molecule has 82 valence electrons. The minimum atomic E-state index is 0.549. The van der Waals surface area contributed by atoms with E-state index in [1.807, 2.05) is 30.3 Å². The summed E-state index contributed by atoms with van der Waals surface area (Å²) < 4.78 is 0. The van der Waals surface area contributed by atoms with Crippen molar-refractivity contribution in [2.24, 2.45) is 0 Å². The van der Waals surface area contributed by atoms with Gasteiger partial charge in [-0.15, -0.1) is 0 Å². The van der Waals surface area contributed by atoms with E-state index in [4.69, 9.17) is 34.8 Å². The van der Waals surface area contributed by atoms with Crippen LogP contribution in [0.4, 0.5) is 0 Å². The highest BCUT2D eigenvalue weighted by Gasteiger charge is 2.09. The largest absolute Gasteiger partial charge is 0.0870 e. The van der Waals surface area contributed by atoms with E-state index in [1.54, 1.807) is 12.1 Å². The Morgan fingerprint density at radius 2 is 1.38 bits per heavy atom. The molecular weight excluding hydrogens is 283 g/mol. The van der Waals surface area contributed by atoms with Crippen molar-refractivity contribution in [2.45, 2.75) is 9.79 Å². The molecule has 0 aliphatic carbocycles. The first kappa shape index (κ1) is 12.1. The van der Waals surface area contributed by atoms with E-state index >= 15 is 0 Å². The standard InChI is InChI=1S/C12H7Cl3S/c13-8-6-10(14)12(11(15)7-8)16-9-4-2-1-3-5-9/h1-7H. The zero-order chi connectivity index (χ0) is 11.5. The topological polar surface area (TPSA) is 0 Å². The van der Waals surface area contributed by atoms with Gasteiger partial charge in [0.05, 0.1) is 10.0 Å². The molecule has 0 atom stereocenters. The summed E-state index contributed by atoms with van der Waals surface area (Å²) in [4.78, 5) is 1.92. The molecule has 0 spiro atoms. The SMILES string of the molecule is Clc1cc(Cl)c(Sc2ccccc2)c(Cl)c1. The second kappa shape index (κ2) is 5.33. The van der Waals surface area contributed by atoms with Crippen LogP contribution >= 0.6 is 46.6 Å². The van der Waals surface area contributed by atoms with Crippen molar-refractivity contribution < 1.29 is 0 Å². The maximum Gasteiger partial charge on any atom is 0.0575 e. The van der Waals surface area contributed by atoms with E-state index in [9.17, 15) is 0 Å². The summed E-state index contributed by atoms with van der Waals surface area (Å²) in [5.74, 6) is 0. The van der Waals surface area contributed by atoms with Gasteiger partial charge < -0.3 is 0 Å². The molecular formula is C12H7Cl3S. The van der Waals surface area contributed by atoms with Crippen LogP contribution in [0.2, 0.25) is 15.1 Å². The molecule has 0 saturated heterocycles. The monoisotopic (exact) mass is 288 g/mol. The first-order valence-electron chi connectivity index (χ1n) is 4.54. The van der Waals surface area contributed by atoms with Gasteiger partial charge in [0.1, 0.15) is 0 Å².